The molecular formula is C28H36N4O3. The van der Waals surface area contributed by atoms with Gasteiger partial charge in [0.15, 0.2) is 0 Å². The van der Waals surface area contributed by atoms with Gasteiger partial charge in [-0.1, -0.05) is 76.2 Å². The number of anilines is 1. The molecule has 0 spiro atoms. The molecule has 0 unspecified atom stereocenters. The first kappa shape index (κ1) is 26.2. The Bertz CT molecular complexity index is 1130. The van der Waals surface area contributed by atoms with E-state index in [0.717, 1.165) is 28.9 Å². The smallest absolute Gasteiger partial charge is 0.249 e. The Morgan fingerprint density at radius 1 is 1.06 bits per heavy atom. The standard InChI is InChI=1S/C28H36N4O3/c1-6-16-31(27(34)20-35-19-22-13-8-7-9-14-22)18-26(33)29-25-17-24(28(3,4)5)30-32(25)23-15-11-10-12-21(23)2/h7-15,17H,6,16,18-20H2,1-5H3,(H,29,33). The highest BCUT2D eigenvalue weighted by Crippen LogP contribution is 2.27. The number of nitrogens with zero attached hydrogens (tertiary/aromatic N) is 3. The van der Waals surface area contributed by atoms with Gasteiger partial charge >= 0.3 is 0 Å². The Labute approximate surface area is 208 Å². The number of hydrogen-bond donors (Lipinski definition) is 1. The number of aromatic nitrogens is 2. The van der Waals surface area contributed by atoms with Gasteiger partial charge in [0, 0.05) is 18.0 Å². The van der Waals surface area contributed by atoms with Gasteiger partial charge < -0.3 is 15.0 Å². The van der Waals surface area contributed by atoms with Crippen LogP contribution in [0.1, 0.15) is 50.9 Å². The van der Waals surface area contributed by atoms with Crippen molar-refractivity contribution in [2.75, 3.05) is 25.0 Å². The molecule has 0 bridgehead atoms. The van der Waals surface area contributed by atoms with Crippen LogP contribution in [0.5, 0.6) is 0 Å². The molecule has 7 heteroatoms. The predicted molar refractivity (Wildman–Crippen MR) is 139 cm³/mol. The predicted octanol–water partition coefficient (Wildman–Crippen LogP) is 4.87. The number of carbonyl (C=O) groups is 2. The summed E-state index contributed by atoms with van der Waals surface area (Å²) >= 11 is 0. The van der Waals surface area contributed by atoms with Crippen LogP contribution in [-0.4, -0.2) is 46.2 Å². The molecule has 3 aromatic rings. The molecule has 1 aromatic heterocycles. The molecule has 0 aliphatic rings. The van der Waals surface area contributed by atoms with Crippen molar-refractivity contribution in [3.63, 3.8) is 0 Å². The van der Waals surface area contributed by atoms with Crippen molar-refractivity contribution in [3.8, 4) is 5.69 Å². The molecule has 0 saturated heterocycles. The summed E-state index contributed by atoms with van der Waals surface area (Å²) in [5.74, 6) is 0.101. The van der Waals surface area contributed by atoms with E-state index in [1.807, 2.05) is 74.5 Å². The second-order valence-corrected chi connectivity index (χ2v) is 9.70. The maximum atomic E-state index is 13.0. The van der Waals surface area contributed by atoms with Gasteiger partial charge in [0.2, 0.25) is 11.8 Å². The minimum absolute atomic E-state index is 0.0504. The number of carbonyl (C=O) groups excluding carboxylic acids is 2. The monoisotopic (exact) mass is 476 g/mol. The van der Waals surface area contributed by atoms with Crippen LogP contribution in [-0.2, 0) is 26.3 Å². The topological polar surface area (TPSA) is 76.5 Å². The molecule has 35 heavy (non-hydrogen) atoms. The van der Waals surface area contributed by atoms with Gasteiger partial charge in [-0.15, -0.1) is 0 Å². The first-order valence-corrected chi connectivity index (χ1v) is 12.0. The van der Waals surface area contributed by atoms with Crippen LogP contribution < -0.4 is 5.32 Å². The summed E-state index contributed by atoms with van der Waals surface area (Å²) in [6, 6.07) is 19.5. The average Bonchev–Trinajstić information content (AvgIpc) is 3.23. The van der Waals surface area contributed by atoms with E-state index in [2.05, 4.69) is 26.1 Å². The highest BCUT2D eigenvalue weighted by Gasteiger charge is 2.23. The summed E-state index contributed by atoms with van der Waals surface area (Å²) in [7, 11) is 0. The van der Waals surface area contributed by atoms with Crippen molar-refractivity contribution in [1.29, 1.82) is 0 Å². The van der Waals surface area contributed by atoms with Crippen molar-refractivity contribution in [2.24, 2.45) is 0 Å². The Morgan fingerprint density at radius 2 is 1.74 bits per heavy atom. The Balaban J connectivity index is 1.70. The maximum absolute atomic E-state index is 13.0. The molecule has 2 amide bonds. The fraction of sp³-hybridized carbons (Fsp3) is 0.393. The van der Waals surface area contributed by atoms with E-state index in [1.165, 1.54) is 0 Å². The zero-order chi connectivity index (χ0) is 25.4. The van der Waals surface area contributed by atoms with Crippen LogP contribution in [0.25, 0.3) is 5.69 Å². The van der Waals surface area contributed by atoms with E-state index in [9.17, 15) is 9.59 Å². The van der Waals surface area contributed by atoms with Crippen molar-refractivity contribution >= 4 is 17.6 Å². The third kappa shape index (κ3) is 7.26. The van der Waals surface area contributed by atoms with Gasteiger partial charge in [-0.25, -0.2) is 4.68 Å². The summed E-state index contributed by atoms with van der Waals surface area (Å²) in [4.78, 5) is 27.4. The highest BCUT2D eigenvalue weighted by atomic mass is 16.5. The van der Waals surface area contributed by atoms with E-state index >= 15 is 0 Å². The molecule has 0 aliphatic carbocycles. The average molecular weight is 477 g/mol. The second-order valence-electron chi connectivity index (χ2n) is 9.70. The Morgan fingerprint density at radius 3 is 2.40 bits per heavy atom. The van der Waals surface area contributed by atoms with Crippen LogP contribution in [0.2, 0.25) is 0 Å². The van der Waals surface area contributed by atoms with Crippen molar-refractivity contribution in [2.45, 2.75) is 53.1 Å². The zero-order valence-electron chi connectivity index (χ0n) is 21.4. The lowest BCUT2D eigenvalue weighted by atomic mass is 9.92. The van der Waals surface area contributed by atoms with E-state index in [-0.39, 0.29) is 30.4 Å². The molecule has 3 rings (SSSR count). The Hall–Kier alpha value is -3.45. The van der Waals surface area contributed by atoms with Gasteiger partial charge in [0.1, 0.15) is 12.4 Å². The van der Waals surface area contributed by atoms with Gasteiger partial charge in [-0.2, -0.15) is 5.10 Å². The summed E-state index contributed by atoms with van der Waals surface area (Å²) in [6.07, 6.45) is 0.743. The minimum Gasteiger partial charge on any atom is -0.367 e. The number of aryl methyl sites for hydroxylation is 1. The van der Waals surface area contributed by atoms with E-state index in [1.54, 1.807) is 9.58 Å². The number of benzene rings is 2. The number of para-hydroxylation sites is 1. The Kier molecular flexibility index (Phi) is 8.82. The fourth-order valence-electron chi connectivity index (χ4n) is 3.66. The number of amides is 2. The van der Waals surface area contributed by atoms with Crippen molar-refractivity contribution in [1.82, 2.24) is 14.7 Å². The van der Waals surface area contributed by atoms with Crippen LogP contribution in [0.15, 0.2) is 60.7 Å². The van der Waals surface area contributed by atoms with E-state index in [4.69, 9.17) is 9.84 Å². The van der Waals surface area contributed by atoms with Crippen LogP contribution in [0, 0.1) is 6.92 Å². The van der Waals surface area contributed by atoms with Gasteiger partial charge in [-0.05, 0) is 30.5 Å². The molecule has 2 aromatic carbocycles. The van der Waals surface area contributed by atoms with Crippen LogP contribution in [0.3, 0.4) is 0 Å². The number of ether oxygens (including phenoxy) is 1. The van der Waals surface area contributed by atoms with Crippen LogP contribution >= 0.6 is 0 Å². The van der Waals surface area contributed by atoms with Crippen LogP contribution in [0.4, 0.5) is 5.82 Å². The minimum atomic E-state index is -0.273. The molecule has 7 nitrogen and oxygen atoms in total. The fourth-order valence-corrected chi connectivity index (χ4v) is 3.66. The molecular weight excluding hydrogens is 440 g/mol. The molecule has 1 N–H and O–H groups in total. The SMILES string of the molecule is CCCN(CC(=O)Nc1cc(C(C)(C)C)nn1-c1ccccc1C)C(=O)COCc1ccccc1. The number of rotatable bonds is 10. The largest absolute Gasteiger partial charge is 0.367 e. The summed E-state index contributed by atoms with van der Waals surface area (Å²) in [5, 5.41) is 7.77. The van der Waals surface area contributed by atoms with E-state index < -0.39 is 0 Å². The lowest BCUT2D eigenvalue weighted by molar-refractivity contribution is -0.139. The molecule has 0 saturated carbocycles. The maximum Gasteiger partial charge on any atom is 0.249 e. The first-order chi connectivity index (χ1) is 16.7. The molecule has 1 heterocycles. The molecule has 0 radical (unpaired) electrons. The van der Waals surface area contributed by atoms with Crippen molar-refractivity contribution < 1.29 is 14.3 Å². The van der Waals surface area contributed by atoms with Crippen molar-refractivity contribution in [3.05, 3.63) is 77.5 Å². The highest BCUT2D eigenvalue weighted by molar-refractivity contribution is 5.94. The third-order valence-corrected chi connectivity index (χ3v) is 5.61. The number of nitrogens with one attached hydrogen (secondary N) is 1. The molecule has 0 aliphatic heterocycles. The summed E-state index contributed by atoms with van der Waals surface area (Å²) in [5.41, 5.74) is 3.62. The third-order valence-electron chi connectivity index (χ3n) is 5.61. The zero-order valence-corrected chi connectivity index (χ0v) is 21.4. The second kappa shape index (κ2) is 11.8. The lowest BCUT2D eigenvalue weighted by Gasteiger charge is -2.22. The first-order valence-electron chi connectivity index (χ1n) is 12.0. The normalized spacial score (nSPS) is 11.3. The molecule has 186 valence electrons. The summed E-state index contributed by atoms with van der Waals surface area (Å²) < 4.78 is 7.37. The quantitative estimate of drug-likeness (QED) is 0.453. The van der Waals surface area contributed by atoms with Gasteiger partial charge in [0.25, 0.3) is 0 Å². The number of hydrogen-bond acceptors (Lipinski definition) is 4. The van der Waals surface area contributed by atoms with Gasteiger partial charge in [0.05, 0.1) is 24.5 Å². The molecule has 0 atom stereocenters. The molecule has 0 fully saturated rings. The summed E-state index contributed by atoms with van der Waals surface area (Å²) in [6.45, 7) is 10.9. The lowest BCUT2D eigenvalue weighted by Crippen LogP contribution is -2.40. The van der Waals surface area contributed by atoms with E-state index in [0.29, 0.717) is 19.0 Å². The van der Waals surface area contributed by atoms with Gasteiger partial charge in [-0.3, -0.25) is 9.59 Å².